The van der Waals surface area contributed by atoms with Crippen LogP contribution < -0.4 is 0 Å². The van der Waals surface area contributed by atoms with Crippen molar-refractivity contribution in [2.45, 2.75) is 18.3 Å². The van der Waals surface area contributed by atoms with Gasteiger partial charge in [-0.05, 0) is 36.6 Å². The topological polar surface area (TPSA) is 26.3 Å². The van der Waals surface area contributed by atoms with Gasteiger partial charge >= 0.3 is 5.97 Å². The minimum absolute atomic E-state index is 0.278. The molecule has 0 amide bonds. The molecule has 0 spiro atoms. The molecule has 1 aromatic rings. The van der Waals surface area contributed by atoms with E-state index in [9.17, 15) is 9.18 Å². The van der Waals surface area contributed by atoms with Crippen LogP contribution in [-0.2, 0) is 14.9 Å². The van der Waals surface area contributed by atoms with Gasteiger partial charge in [0, 0.05) is 4.47 Å². The molecule has 0 unspecified atom stereocenters. The summed E-state index contributed by atoms with van der Waals surface area (Å²) < 4.78 is 18.6. The number of carbonyl (C=O) groups excluding carboxylic acids is 1. The van der Waals surface area contributed by atoms with Gasteiger partial charge in [0.15, 0.2) is 0 Å². The van der Waals surface area contributed by atoms with Gasteiger partial charge in [0.25, 0.3) is 0 Å². The van der Waals surface area contributed by atoms with Gasteiger partial charge in [-0.2, -0.15) is 0 Å². The number of hydrogen-bond donors (Lipinski definition) is 0. The van der Waals surface area contributed by atoms with Gasteiger partial charge in [-0.3, -0.25) is 4.79 Å². The molecule has 1 fully saturated rings. The summed E-state index contributed by atoms with van der Waals surface area (Å²) in [7, 11) is 1.36. The second kappa shape index (κ2) is 3.59. The van der Waals surface area contributed by atoms with E-state index in [1.807, 2.05) is 0 Å². The Morgan fingerprint density at radius 3 is 2.60 bits per heavy atom. The lowest BCUT2D eigenvalue weighted by Gasteiger charge is -2.13. The van der Waals surface area contributed by atoms with Crippen molar-refractivity contribution < 1.29 is 13.9 Å². The molecule has 0 bridgehead atoms. The predicted molar refractivity (Wildman–Crippen MR) is 57.0 cm³/mol. The third kappa shape index (κ3) is 1.78. The maximum Gasteiger partial charge on any atom is 0.316 e. The van der Waals surface area contributed by atoms with Crippen molar-refractivity contribution in [3.8, 4) is 0 Å². The fourth-order valence-corrected chi connectivity index (χ4v) is 2.23. The van der Waals surface area contributed by atoms with Crippen molar-refractivity contribution in [2.24, 2.45) is 0 Å². The van der Waals surface area contributed by atoms with Crippen LogP contribution in [0.4, 0.5) is 4.39 Å². The van der Waals surface area contributed by atoms with Gasteiger partial charge in [-0.15, -0.1) is 0 Å². The zero-order valence-electron chi connectivity index (χ0n) is 8.22. The number of halogens is 2. The zero-order valence-corrected chi connectivity index (χ0v) is 9.80. The maximum absolute atomic E-state index is 13.2. The van der Waals surface area contributed by atoms with E-state index in [4.69, 9.17) is 4.74 Å². The first-order chi connectivity index (χ1) is 7.08. The molecule has 0 aliphatic heterocycles. The number of hydrogen-bond acceptors (Lipinski definition) is 2. The van der Waals surface area contributed by atoms with Gasteiger partial charge < -0.3 is 4.74 Å². The smallest absolute Gasteiger partial charge is 0.316 e. The Morgan fingerprint density at radius 1 is 1.47 bits per heavy atom. The van der Waals surface area contributed by atoms with Gasteiger partial charge in [0.2, 0.25) is 0 Å². The largest absolute Gasteiger partial charge is 0.468 e. The van der Waals surface area contributed by atoms with Gasteiger partial charge in [0.05, 0.1) is 12.5 Å². The van der Waals surface area contributed by atoms with E-state index in [1.54, 1.807) is 6.07 Å². The molecular formula is C11H10BrFO2. The Kier molecular flexibility index (Phi) is 2.54. The summed E-state index contributed by atoms with van der Waals surface area (Å²) in [5.41, 5.74) is 0.0977. The Morgan fingerprint density at radius 2 is 2.13 bits per heavy atom. The van der Waals surface area contributed by atoms with Crippen LogP contribution in [0.5, 0.6) is 0 Å². The molecule has 1 saturated carbocycles. The number of rotatable bonds is 2. The van der Waals surface area contributed by atoms with Crippen LogP contribution in [-0.4, -0.2) is 13.1 Å². The molecule has 2 rings (SSSR count). The second-order valence-electron chi connectivity index (χ2n) is 3.73. The molecule has 2 nitrogen and oxygen atoms in total. The van der Waals surface area contributed by atoms with Crippen molar-refractivity contribution in [1.29, 1.82) is 0 Å². The lowest BCUT2D eigenvalue weighted by molar-refractivity contribution is -0.143. The first-order valence-electron chi connectivity index (χ1n) is 4.63. The van der Waals surface area contributed by atoms with Gasteiger partial charge in [0.1, 0.15) is 5.82 Å². The standard InChI is InChI=1S/C11H10BrFO2/c1-15-10(14)11(2-3-11)7-4-8(12)6-9(13)5-7/h4-6H,2-3H2,1H3. The normalized spacial score (nSPS) is 17.3. The number of methoxy groups -OCH3 is 1. The minimum Gasteiger partial charge on any atom is -0.468 e. The summed E-state index contributed by atoms with van der Waals surface area (Å²) in [6.07, 6.45) is 1.46. The quantitative estimate of drug-likeness (QED) is 0.774. The number of benzene rings is 1. The lowest BCUT2D eigenvalue weighted by atomic mass is 9.96. The first kappa shape index (κ1) is 10.6. The summed E-state index contributed by atoms with van der Waals surface area (Å²) in [6.45, 7) is 0. The van der Waals surface area contributed by atoms with Crippen LogP contribution >= 0.6 is 15.9 Å². The second-order valence-corrected chi connectivity index (χ2v) is 4.65. The highest BCUT2D eigenvalue weighted by Gasteiger charge is 2.52. The Bertz CT molecular complexity index is 393. The Balaban J connectivity index is 2.41. The summed E-state index contributed by atoms with van der Waals surface area (Å²) in [5.74, 6) is -0.616. The summed E-state index contributed by atoms with van der Waals surface area (Å²) in [5, 5.41) is 0. The molecule has 0 atom stereocenters. The molecule has 1 aromatic carbocycles. The van der Waals surface area contributed by atoms with Crippen molar-refractivity contribution in [2.75, 3.05) is 7.11 Å². The average Bonchev–Trinajstić information content (AvgIpc) is 2.96. The van der Waals surface area contributed by atoms with Crippen molar-refractivity contribution >= 4 is 21.9 Å². The molecule has 0 saturated heterocycles. The summed E-state index contributed by atoms with van der Waals surface area (Å²) >= 11 is 3.21. The average molecular weight is 273 g/mol. The number of ether oxygens (including phenoxy) is 1. The highest BCUT2D eigenvalue weighted by molar-refractivity contribution is 9.10. The van der Waals surface area contributed by atoms with E-state index in [-0.39, 0.29) is 11.8 Å². The Hall–Kier alpha value is -0.900. The molecular weight excluding hydrogens is 263 g/mol. The molecule has 4 heteroatoms. The predicted octanol–water partition coefficient (Wildman–Crippen LogP) is 2.79. The van der Waals surface area contributed by atoms with Crippen LogP contribution in [0, 0.1) is 5.82 Å². The molecule has 80 valence electrons. The highest BCUT2D eigenvalue weighted by Crippen LogP contribution is 2.49. The van der Waals surface area contributed by atoms with Crippen LogP contribution in [0.1, 0.15) is 18.4 Å². The molecule has 0 radical (unpaired) electrons. The van der Waals surface area contributed by atoms with E-state index in [0.717, 1.165) is 12.8 Å². The maximum atomic E-state index is 13.2. The molecule has 0 aromatic heterocycles. The van der Waals surface area contributed by atoms with Crippen molar-refractivity contribution in [3.63, 3.8) is 0 Å². The van der Waals surface area contributed by atoms with Crippen LogP contribution in [0.3, 0.4) is 0 Å². The Labute approximate surface area is 95.6 Å². The van der Waals surface area contributed by atoms with Crippen LogP contribution in [0.15, 0.2) is 22.7 Å². The fraction of sp³-hybridized carbons (Fsp3) is 0.364. The monoisotopic (exact) mass is 272 g/mol. The highest BCUT2D eigenvalue weighted by atomic mass is 79.9. The molecule has 15 heavy (non-hydrogen) atoms. The molecule has 0 heterocycles. The first-order valence-corrected chi connectivity index (χ1v) is 5.43. The van der Waals surface area contributed by atoms with E-state index in [0.29, 0.717) is 10.0 Å². The van der Waals surface area contributed by atoms with Crippen LogP contribution in [0.25, 0.3) is 0 Å². The third-order valence-corrected chi connectivity index (χ3v) is 3.20. The van der Waals surface area contributed by atoms with E-state index < -0.39 is 5.41 Å². The summed E-state index contributed by atoms with van der Waals surface area (Å²) in [4.78, 5) is 11.6. The molecule has 0 N–H and O–H groups in total. The van der Waals surface area contributed by atoms with Gasteiger partial charge in [-0.25, -0.2) is 4.39 Å². The van der Waals surface area contributed by atoms with Crippen LogP contribution in [0.2, 0.25) is 0 Å². The fourth-order valence-electron chi connectivity index (χ4n) is 1.76. The van der Waals surface area contributed by atoms with Crippen molar-refractivity contribution in [1.82, 2.24) is 0 Å². The lowest BCUT2D eigenvalue weighted by Crippen LogP contribution is -2.21. The van der Waals surface area contributed by atoms with E-state index >= 15 is 0 Å². The number of carbonyl (C=O) groups is 1. The van der Waals surface area contributed by atoms with E-state index in [2.05, 4.69) is 15.9 Å². The van der Waals surface area contributed by atoms with Gasteiger partial charge in [-0.1, -0.05) is 15.9 Å². The summed E-state index contributed by atoms with van der Waals surface area (Å²) in [6, 6.07) is 4.54. The van der Waals surface area contributed by atoms with E-state index in [1.165, 1.54) is 19.2 Å². The molecule has 1 aliphatic carbocycles. The zero-order chi connectivity index (χ0) is 11.1. The SMILES string of the molecule is COC(=O)C1(c2cc(F)cc(Br)c2)CC1. The number of esters is 1. The third-order valence-electron chi connectivity index (χ3n) is 2.74. The molecule has 1 aliphatic rings. The van der Waals surface area contributed by atoms with Crippen molar-refractivity contribution in [3.05, 3.63) is 34.1 Å². The minimum atomic E-state index is -0.598.